The third-order valence-electron chi connectivity index (χ3n) is 1.17. The standard InChI is InChI=1S/C7H6BrN3O2S/c8-4-1-5(14-3-4)2-10-11-7(13)6(9)12/h1-3H,(H2,9,12)(H,11,13)/b10-2+. The molecule has 0 atom stereocenters. The molecule has 0 bridgehead atoms. The average Bonchev–Trinajstić information content (AvgIpc) is 2.51. The maximum Gasteiger partial charge on any atom is 0.329 e. The van der Waals surface area contributed by atoms with Crippen LogP contribution in [0.1, 0.15) is 4.88 Å². The summed E-state index contributed by atoms with van der Waals surface area (Å²) in [4.78, 5) is 21.8. The van der Waals surface area contributed by atoms with Gasteiger partial charge in [-0.25, -0.2) is 5.43 Å². The number of rotatable bonds is 2. The molecule has 14 heavy (non-hydrogen) atoms. The van der Waals surface area contributed by atoms with Crippen molar-refractivity contribution in [3.63, 3.8) is 0 Å². The summed E-state index contributed by atoms with van der Waals surface area (Å²) in [6.45, 7) is 0. The molecule has 0 fully saturated rings. The summed E-state index contributed by atoms with van der Waals surface area (Å²) >= 11 is 4.71. The number of carbonyl (C=O) groups excluding carboxylic acids is 2. The zero-order valence-corrected chi connectivity index (χ0v) is 9.26. The van der Waals surface area contributed by atoms with E-state index in [1.165, 1.54) is 17.6 Å². The summed E-state index contributed by atoms with van der Waals surface area (Å²) in [5.74, 6) is -1.99. The highest BCUT2D eigenvalue weighted by Crippen LogP contribution is 2.17. The van der Waals surface area contributed by atoms with Crippen molar-refractivity contribution in [3.05, 3.63) is 20.8 Å². The van der Waals surface area contributed by atoms with Crippen molar-refractivity contribution >= 4 is 45.3 Å². The molecule has 3 N–H and O–H groups in total. The van der Waals surface area contributed by atoms with E-state index in [0.29, 0.717) is 0 Å². The normalized spacial score (nSPS) is 10.4. The van der Waals surface area contributed by atoms with Crippen LogP contribution in [0.4, 0.5) is 0 Å². The van der Waals surface area contributed by atoms with Gasteiger partial charge in [-0.15, -0.1) is 11.3 Å². The van der Waals surface area contributed by atoms with Gasteiger partial charge in [0, 0.05) is 14.7 Å². The monoisotopic (exact) mass is 275 g/mol. The number of amides is 2. The van der Waals surface area contributed by atoms with Gasteiger partial charge in [0.15, 0.2) is 0 Å². The van der Waals surface area contributed by atoms with Crippen LogP contribution in [-0.4, -0.2) is 18.0 Å². The predicted molar refractivity (Wildman–Crippen MR) is 57.0 cm³/mol. The van der Waals surface area contributed by atoms with Crippen LogP contribution in [0, 0.1) is 0 Å². The summed E-state index contributed by atoms with van der Waals surface area (Å²) in [6.07, 6.45) is 1.43. The third kappa shape index (κ3) is 3.27. The van der Waals surface area contributed by atoms with Gasteiger partial charge in [-0.2, -0.15) is 5.10 Å². The van der Waals surface area contributed by atoms with Crippen molar-refractivity contribution in [2.24, 2.45) is 10.8 Å². The fraction of sp³-hybridized carbons (Fsp3) is 0. The number of primary amides is 1. The number of thiophene rings is 1. The molecular formula is C7H6BrN3O2S. The van der Waals surface area contributed by atoms with E-state index in [2.05, 4.69) is 26.8 Å². The molecule has 0 saturated heterocycles. The molecule has 5 nitrogen and oxygen atoms in total. The smallest absolute Gasteiger partial charge is 0.329 e. The first kappa shape index (κ1) is 10.9. The Morgan fingerprint density at radius 1 is 1.64 bits per heavy atom. The maximum atomic E-state index is 10.6. The number of hydrogen-bond acceptors (Lipinski definition) is 4. The Morgan fingerprint density at radius 3 is 2.86 bits per heavy atom. The minimum Gasteiger partial charge on any atom is -0.361 e. The molecule has 0 saturated carbocycles. The average molecular weight is 276 g/mol. The summed E-state index contributed by atoms with van der Waals surface area (Å²) in [5.41, 5.74) is 6.68. The molecule has 1 rings (SSSR count). The molecule has 1 aromatic heterocycles. The molecular weight excluding hydrogens is 270 g/mol. The molecule has 0 spiro atoms. The molecule has 0 aliphatic heterocycles. The van der Waals surface area contributed by atoms with Crippen LogP contribution < -0.4 is 11.2 Å². The fourth-order valence-electron chi connectivity index (χ4n) is 0.606. The second kappa shape index (κ2) is 4.87. The summed E-state index contributed by atoms with van der Waals surface area (Å²) in [7, 11) is 0. The lowest BCUT2D eigenvalue weighted by molar-refractivity contribution is -0.137. The Balaban J connectivity index is 2.49. The highest BCUT2D eigenvalue weighted by atomic mass is 79.9. The molecule has 0 aliphatic carbocycles. The Labute approximate surface area is 92.1 Å². The number of nitrogens with zero attached hydrogens (tertiary/aromatic N) is 1. The van der Waals surface area contributed by atoms with Gasteiger partial charge in [-0.1, -0.05) is 0 Å². The van der Waals surface area contributed by atoms with Gasteiger partial charge < -0.3 is 5.73 Å². The second-order valence-electron chi connectivity index (χ2n) is 2.23. The van der Waals surface area contributed by atoms with Gasteiger partial charge in [0.05, 0.1) is 6.21 Å². The van der Waals surface area contributed by atoms with E-state index in [1.54, 1.807) is 0 Å². The van der Waals surface area contributed by atoms with E-state index >= 15 is 0 Å². The molecule has 7 heteroatoms. The highest BCUT2D eigenvalue weighted by Gasteiger charge is 2.05. The van der Waals surface area contributed by atoms with E-state index < -0.39 is 11.8 Å². The summed E-state index contributed by atoms with van der Waals surface area (Å²) in [6, 6.07) is 1.82. The van der Waals surface area contributed by atoms with Crippen LogP contribution in [0.5, 0.6) is 0 Å². The Morgan fingerprint density at radius 2 is 2.36 bits per heavy atom. The fourth-order valence-corrected chi connectivity index (χ4v) is 1.91. The minimum atomic E-state index is -1.06. The lowest BCUT2D eigenvalue weighted by Crippen LogP contribution is -2.32. The van der Waals surface area contributed by atoms with Crippen molar-refractivity contribution in [3.8, 4) is 0 Å². The topological polar surface area (TPSA) is 84.5 Å². The van der Waals surface area contributed by atoms with Gasteiger partial charge >= 0.3 is 11.8 Å². The Hall–Kier alpha value is -1.21. The minimum absolute atomic E-state index is 0.849. The van der Waals surface area contributed by atoms with Crippen LogP contribution in [-0.2, 0) is 9.59 Å². The first-order valence-electron chi connectivity index (χ1n) is 3.46. The molecule has 74 valence electrons. The molecule has 1 heterocycles. The molecule has 0 aliphatic rings. The quantitative estimate of drug-likeness (QED) is 0.467. The van der Waals surface area contributed by atoms with Crippen LogP contribution in [0.25, 0.3) is 0 Å². The first-order valence-corrected chi connectivity index (χ1v) is 5.13. The van der Waals surface area contributed by atoms with Crippen LogP contribution in [0.2, 0.25) is 0 Å². The summed E-state index contributed by atoms with van der Waals surface area (Å²) in [5, 5.41) is 5.41. The van der Waals surface area contributed by atoms with Gasteiger partial charge in [0.25, 0.3) is 0 Å². The van der Waals surface area contributed by atoms with Crippen LogP contribution in [0.15, 0.2) is 21.0 Å². The zero-order valence-electron chi connectivity index (χ0n) is 6.86. The number of halogens is 1. The second-order valence-corrected chi connectivity index (χ2v) is 4.09. The first-order chi connectivity index (χ1) is 6.59. The van der Waals surface area contributed by atoms with E-state index in [1.807, 2.05) is 16.9 Å². The van der Waals surface area contributed by atoms with Gasteiger partial charge in [0.2, 0.25) is 0 Å². The van der Waals surface area contributed by atoms with E-state index in [0.717, 1.165) is 9.35 Å². The number of nitrogens with one attached hydrogen (secondary N) is 1. The lowest BCUT2D eigenvalue weighted by atomic mass is 10.5. The SMILES string of the molecule is NC(=O)C(=O)N/N=C/c1cc(Br)cs1. The largest absolute Gasteiger partial charge is 0.361 e. The molecule has 0 unspecified atom stereocenters. The molecule has 1 aromatic rings. The van der Waals surface area contributed by atoms with Gasteiger partial charge in [-0.05, 0) is 22.0 Å². The number of nitrogens with two attached hydrogens (primary N) is 1. The van der Waals surface area contributed by atoms with Crippen LogP contribution >= 0.6 is 27.3 Å². The Kier molecular flexibility index (Phi) is 3.78. The molecule has 0 aromatic carbocycles. The number of carbonyl (C=O) groups is 2. The predicted octanol–water partition coefficient (Wildman–Crippen LogP) is 0.446. The number of hydrazone groups is 1. The van der Waals surface area contributed by atoms with Gasteiger partial charge in [0.1, 0.15) is 0 Å². The molecule has 0 radical (unpaired) electrons. The van der Waals surface area contributed by atoms with E-state index in [9.17, 15) is 9.59 Å². The third-order valence-corrected chi connectivity index (χ3v) is 2.80. The van der Waals surface area contributed by atoms with Gasteiger partial charge in [-0.3, -0.25) is 9.59 Å². The summed E-state index contributed by atoms with van der Waals surface area (Å²) < 4.78 is 0.935. The van der Waals surface area contributed by atoms with Crippen molar-refractivity contribution < 1.29 is 9.59 Å². The lowest BCUT2D eigenvalue weighted by Gasteiger charge is -1.91. The highest BCUT2D eigenvalue weighted by molar-refractivity contribution is 9.10. The zero-order chi connectivity index (χ0) is 10.6. The van der Waals surface area contributed by atoms with Crippen molar-refractivity contribution in [2.75, 3.05) is 0 Å². The molecule has 2 amide bonds. The van der Waals surface area contributed by atoms with Crippen molar-refractivity contribution in [1.82, 2.24) is 5.43 Å². The van der Waals surface area contributed by atoms with E-state index in [-0.39, 0.29) is 0 Å². The maximum absolute atomic E-state index is 10.6. The van der Waals surface area contributed by atoms with Crippen molar-refractivity contribution in [2.45, 2.75) is 0 Å². The Bertz CT molecular complexity index is 388. The number of hydrogen-bond donors (Lipinski definition) is 2. The van der Waals surface area contributed by atoms with E-state index in [4.69, 9.17) is 0 Å². The van der Waals surface area contributed by atoms with Crippen molar-refractivity contribution in [1.29, 1.82) is 0 Å². The van der Waals surface area contributed by atoms with Crippen LogP contribution in [0.3, 0.4) is 0 Å².